The molecule has 1 aromatic carbocycles. The fraction of sp³-hybridized carbons (Fsp3) is 0.250. The zero-order valence-electron chi connectivity index (χ0n) is 9.20. The van der Waals surface area contributed by atoms with Crippen LogP contribution in [0.2, 0.25) is 5.02 Å². The molecule has 1 unspecified atom stereocenters. The summed E-state index contributed by atoms with van der Waals surface area (Å²) >= 11 is 6.05. The Kier molecular flexibility index (Phi) is 2.99. The predicted molar refractivity (Wildman–Crippen MR) is 64.3 cm³/mol. The van der Waals surface area contributed by atoms with Crippen LogP contribution < -0.4 is 5.73 Å². The van der Waals surface area contributed by atoms with Gasteiger partial charge in [-0.25, -0.2) is 0 Å². The highest BCUT2D eigenvalue weighted by atomic mass is 35.5. The molecular formula is C12H13ClN2O. The number of hydrogen-bond acceptors (Lipinski definition) is 3. The summed E-state index contributed by atoms with van der Waals surface area (Å²) in [4.78, 5) is 0. The molecule has 2 rings (SSSR count). The van der Waals surface area contributed by atoms with E-state index < -0.39 is 0 Å². The Hall–Kier alpha value is -1.32. The van der Waals surface area contributed by atoms with Crippen molar-refractivity contribution < 1.29 is 4.52 Å². The first-order chi connectivity index (χ1) is 7.58. The van der Waals surface area contributed by atoms with E-state index in [1.54, 1.807) is 0 Å². The maximum Gasteiger partial charge on any atom is 0.153 e. The van der Waals surface area contributed by atoms with Gasteiger partial charge in [0.2, 0.25) is 0 Å². The minimum Gasteiger partial charge on any atom is -0.359 e. The summed E-state index contributed by atoms with van der Waals surface area (Å²) in [6.07, 6.45) is 0. The van der Waals surface area contributed by atoms with Crippen molar-refractivity contribution in [1.82, 2.24) is 5.16 Å². The van der Waals surface area contributed by atoms with E-state index in [9.17, 15) is 0 Å². The Morgan fingerprint density at radius 1 is 1.38 bits per heavy atom. The third-order valence-electron chi connectivity index (χ3n) is 2.44. The summed E-state index contributed by atoms with van der Waals surface area (Å²) in [5.74, 6) is 0.673. The van der Waals surface area contributed by atoms with Gasteiger partial charge in [-0.15, -0.1) is 0 Å². The van der Waals surface area contributed by atoms with Crippen molar-refractivity contribution in [3.8, 4) is 11.3 Å². The van der Waals surface area contributed by atoms with Crippen LogP contribution in [0.5, 0.6) is 0 Å². The van der Waals surface area contributed by atoms with Gasteiger partial charge in [0.25, 0.3) is 0 Å². The molecule has 16 heavy (non-hydrogen) atoms. The lowest BCUT2D eigenvalue weighted by Crippen LogP contribution is -2.02. The highest BCUT2D eigenvalue weighted by Gasteiger charge is 2.10. The first kappa shape index (κ1) is 11.2. The number of aromatic nitrogens is 1. The van der Waals surface area contributed by atoms with Gasteiger partial charge in [0, 0.05) is 16.7 Å². The Morgan fingerprint density at radius 2 is 2.12 bits per heavy atom. The smallest absolute Gasteiger partial charge is 0.153 e. The minimum atomic E-state index is -0.151. The van der Waals surface area contributed by atoms with Crippen molar-refractivity contribution in [2.45, 2.75) is 19.9 Å². The Labute approximate surface area is 99.2 Å². The van der Waals surface area contributed by atoms with Crippen LogP contribution in [0, 0.1) is 6.92 Å². The van der Waals surface area contributed by atoms with E-state index in [1.807, 2.05) is 38.1 Å². The summed E-state index contributed by atoms with van der Waals surface area (Å²) in [5.41, 5.74) is 8.44. The maximum absolute atomic E-state index is 6.05. The molecule has 1 heterocycles. The molecule has 2 N–H and O–H groups in total. The second kappa shape index (κ2) is 4.28. The third kappa shape index (κ3) is 2.10. The Morgan fingerprint density at radius 3 is 2.69 bits per heavy atom. The fourth-order valence-corrected chi connectivity index (χ4v) is 1.57. The van der Waals surface area contributed by atoms with Gasteiger partial charge >= 0.3 is 0 Å². The van der Waals surface area contributed by atoms with Crippen molar-refractivity contribution in [1.29, 1.82) is 0 Å². The molecule has 1 aromatic heterocycles. The second-order valence-electron chi connectivity index (χ2n) is 3.87. The highest BCUT2D eigenvalue weighted by Crippen LogP contribution is 2.26. The van der Waals surface area contributed by atoms with E-state index in [-0.39, 0.29) is 6.04 Å². The van der Waals surface area contributed by atoms with Crippen molar-refractivity contribution in [2.75, 3.05) is 0 Å². The molecule has 0 amide bonds. The van der Waals surface area contributed by atoms with Gasteiger partial charge in [0.05, 0.1) is 6.04 Å². The summed E-state index contributed by atoms with van der Waals surface area (Å²) in [7, 11) is 0. The number of benzene rings is 1. The Bertz CT molecular complexity index is 505. The summed E-state index contributed by atoms with van der Waals surface area (Å²) < 4.78 is 5.13. The van der Waals surface area contributed by atoms with Gasteiger partial charge < -0.3 is 10.3 Å². The molecule has 0 aliphatic rings. The highest BCUT2D eigenvalue weighted by molar-refractivity contribution is 6.31. The molecule has 0 saturated carbocycles. The number of halogens is 1. The van der Waals surface area contributed by atoms with Gasteiger partial charge in [-0.1, -0.05) is 28.9 Å². The quantitative estimate of drug-likeness (QED) is 0.870. The number of aryl methyl sites for hydroxylation is 1. The third-order valence-corrected chi connectivity index (χ3v) is 2.85. The topological polar surface area (TPSA) is 52.0 Å². The van der Waals surface area contributed by atoms with E-state index in [4.69, 9.17) is 21.9 Å². The molecule has 0 radical (unpaired) electrons. The molecular weight excluding hydrogens is 224 g/mol. The molecule has 84 valence electrons. The van der Waals surface area contributed by atoms with Gasteiger partial charge in [-0.2, -0.15) is 0 Å². The lowest BCUT2D eigenvalue weighted by atomic mass is 10.1. The zero-order chi connectivity index (χ0) is 11.7. The largest absolute Gasteiger partial charge is 0.359 e. The second-order valence-corrected chi connectivity index (χ2v) is 4.27. The first-order valence-electron chi connectivity index (χ1n) is 5.06. The number of nitrogens with zero attached hydrogens (tertiary/aromatic N) is 1. The molecule has 0 saturated heterocycles. The summed E-state index contributed by atoms with van der Waals surface area (Å²) in [6, 6.07) is 7.48. The number of nitrogens with two attached hydrogens (primary N) is 1. The lowest BCUT2D eigenvalue weighted by molar-refractivity contribution is 0.369. The van der Waals surface area contributed by atoms with Crippen LogP contribution in [0.1, 0.15) is 24.3 Å². The van der Waals surface area contributed by atoms with Gasteiger partial charge in [-0.05, 0) is 25.5 Å². The van der Waals surface area contributed by atoms with Crippen LogP contribution >= 0.6 is 11.6 Å². The molecule has 1 atom stereocenters. The minimum absolute atomic E-state index is 0.151. The van der Waals surface area contributed by atoms with Crippen LogP contribution in [-0.4, -0.2) is 5.16 Å². The average molecular weight is 237 g/mol. The van der Waals surface area contributed by atoms with E-state index in [1.165, 1.54) is 0 Å². The molecule has 4 heteroatoms. The van der Waals surface area contributed by atoms with Crippen LogP contribution in [0.25, 0.3) is 11.3 Å². The van der Waals surface area contributed by atoms with E-state index in [0.717, 1.165) is 21.8 Å². The molecule has 0 bridgehead atoms. The summed E-state index contributed by atoms with van der Waals surface area (Å²) in [6.45, 7) is 3.81. The van der Waals surface area contributed by atoms with Crippen molar-refractivity contribution in [3.63, 3.8) is 0 Å². The van der Waals surface area contributed by atoms with Gasteiger partial charge in [-0.3, -0.25) is 0 Å². The molecule has 0 aliphatic heterocycles. The molecule has 2 aromatic rings. The van der Waals surface area contributed by atoms with E-state index in [2.05, 4.69) is 5.16 Å². The molecule has 0 aliphatic carbocycles. The SMILES string of the molecule is Cc1ccc(-c2cc(C(C)N)on2)cc1Cl. The zero-order valence-corrected chi connectivity index (χ0v) is 9.95. The van der Waals surface area contributed by atoms with Crippen LogP contribution in [0.3, 0.4) is 0 Å². The average Bonchev–Trinajstić information content (AvgIpc) is 2.71. The number of rotatable bonds is 2. The molecule has 0 spiro atoms. The fourth-order valence-electron chi connectivity index (χ4n) is 1.39. The normalized spacial score (nSPS) is 12.8. The van der Waals surface area contributed by atoms with Crippen molar-refractivity contribution >= 4 is 11.6 Å². The van der Waals surface area contributed by atoms with E-state index >= 15 is 0 Å². The van der Waals surface area contributed by atoms with E-state index in [0.29, 0.717) is 5.76 Å². The van der Waals surface area contributed by atoms with Gasteiger partial charge in [0.1, 0.15) is 5.69 Å². The van der Waals surface area contributed by atoms with Crippen molar-refractivity contribution in [2.24, 2.45) is 5.73 Å². The predicted octanol–water partition coefficient (Wildman–Crippen LogP) is 3.32. The number of hydrogen-bond donors (Lipinski definition) is 1. The molecule has 3 nitrogen and oxygen atoms in total. The monoisotopic (exact) mass is 236 g/mol. The standard InChI is InChI=1S/C12H13ClN2O/c1-7-3-4-9(5-10(7)13)11-6-12(8(2)14)16-15-11/h3-6,8H,14H2,1-2H3. The van der Waals surface area contributed by atoms with Crippen LogP contribution in [-0.2, 0) is 0 Å². The van der Waals surface area contributed by atoms with Crippen LogP contribution in [0.4, 0.5) is 0 Å². The first-order valence-corrected chi connectivity index (χ1v) is 5.44. The summed E-state index contributed by atoms with van der Waals surface area (Å²) in [5, 5.41) is 4.69. The maximum atomic E-state index is 6.05. The van der Waals surface area contributed by atoms with Crippen molar-refractivity contribution in [3.05, 3.63) is 40.6 Å². The Balaban J connectivity index is 2.39. The lowest BCUT2D eigenvalue weighted by Gasteiger charge is -1.99. The van der Waals surface area contributed by atoms with Gasteiger partial charge in [0.15, 0.2) is 5.76 Å². The molecule has 0 fully saturated rings. The van der Waals surface area contributed by atoms with Crippen LogP contribution in [0.15, 0.2) is 28.8 Å².